The zero-order chi connectivity index (χ0) is 17.2. The second kappa shape index (κ2) is 6.99. The lowest BCUT2D eigenvalue weighted by Crippen LogP contribution is -2.38. The molecular formula is C17H24FNO3S. The molecule has 0 saturated carbocycles. The van der Waals surface area contributed by atoms with Gasteiger partial charge in [-0.2, -0.15) is 0 Å². The van der Waals surface area contributed by atoms with Crippen molar-refractivity contribution in [3.63, 3.8) is 0 Å². The van der Waals surface area contributed by atoms with E-state index in [1.54, 1.807) is 17.0 Å². The summed E-state index contributed by atoms with van der Waals surface area (Å²) in [5.41, 5.74) is 0.985. The first-order chi connectivity index (χ1) is 10.7. The monoisotopic (exact) mass is 341 g/mol. The van der Waals surface area contributed by atoms with Gasteiger partial charge in [0.1, 0.15) is 11.6 Å². The number of halogens is 1. The van der Waals surface area contributed by atoms with Gasteiger partial charge in [0.05, 0.1) is 5.75 Å². The van der Waals surface area contributed by atoms with E-state index in [-0.39, 0.29) is 35.4 Å². The van der Waals surface area contributed by atoms with Crippen LogP contribution < -0.4 is 0 Å². The summed E-state index contributed by atoms with van der Waals surface area (Å²) in [5.74, 6) is -0.873. The van der Waals surface area contributed by atoms with Gasteiger partial charge in [0.2, 0.25) is 5.91 Å². The number of rotatable bonds is 5. The van der Waals surface area contributed by atoms with Crippen molar-refractivity contribution in [2.75, 3.05) is 18.1 Å². The molecule has 128 valence electrons. The van der Waals surface area contributed by atoms with Crippen molar-refractivity contribution in [2.24, 2.45) is 5.92 Å². The molecule has 1 aliphatic rings. The van der Waals surface area contributed by atoms with Gasteiger partial charge in [-0.25, -0.2) is 12.8 Å². The maximum atomic E-state index is 13.0. The molecule has 1 fully saturated rings. The van der Waals surface area contributed by atoms with Gasteiger partial charge in [-0.05, 0) is 37.0 Å². The predicted octanol–water partition coefficient (Wildman–Crippen LogP) is 2.60. The van der Waals surface area contributed by atoms with Gasteiger partial charge < -0.3 is 4.90 Å². The molecule has 2 atom stereocenters. The van der Waals surface area contributed by atoms with Crippen LogP contribution in [-0.4, -0.2) is 43.3 Å². The number of nitrogens with zero attached hydrogens (tertiary/aromatic N) is 1. The van der Waals surface area contributed by atoms with Crippen LogP contribution in [0.1, 0.15) is 38.7 Å². The van der Waals surface area contributed by atoms with E-state index in [4.69, 9.17) is 0 Å². The Morgan fingerprint density at radius 3 is 2.48 bits per heavy atom. The average molecular weight is 341 g/mol. The van der Waals surface area contributed by atoms with E-state index in [2.05, 4.69) is 0 Å². The van der Waals surface area contributed by atoms with E-state index >= 15 is 0 Å². The van der Waals surface area contributed by atoms with Gasteiger partial charge in [-0.3, -0.25) is 4.79 Å². The summed E-state index contributed by atoms with van der Waals surface area (Å²) in [6, 6.07) is 6.29. The Bertz CT molecular complexity index is 655. The normalized spacial score (nSPS) is 21.9. The molecule has 1 amide bonds. The lowest BCUT2D eigenvalue weighted by Gasteiger charge is -2.21. The Morgan fingerprint density at radius 1 is 1.30 bits per heavy atom. The molecule has 0 N–H and O–H groups in total. The van der Waals surface area contributed by atoms with Gasteiger partial charge in [0, 0.05) is 18.5 Å². The van der Waals surface area contributed by atoms with Crippen LogP contribution in [0, 0.1) is 11.7 Å². The number of hydrogen-bond donors (Lipinski definition) is 0. The Balaban J connectivity index is 2.03. The van der Waals surface area contributed by atoms with Gasteiger partial charge in [0.15, 0.2) is 9.84 Å². The largest absolute Gasteiger partial charge is 0.338 e. The summed E-state index contributed by atoms with van der Waals surface area (Å²) in [5, 5.41) is 0. The molecule has 0 aliphatic carbocycles. The predicted molar refractivity (Wildman–Crippen MR) is 88.4 cm³/mol. The molecule has 0 unspecified atom stereocenters. The van der Waals surface area contributed by atoms with Crippen LogP contribution in [0.3, 0.4) is 0 Å². The minimum absolute atomic E-state index is 0.00759. The highest BCUT2D eigenvalue weighted by atomic mass is 32.2. The minimum Gasteiger partial charge on any atom is -0.338 e. The molecule has 1 aromatic rings. The van der Waals surface area contributed by atoms with E-state index in [0.29, 0.717) is 6.54 Å². The topological polar surface area (TPSA) is 54.5 Å². The summed E-state index contributed by atoms with van der Waals surface area (Å²) in [6.45, 7) is 6.06. The van der Waals surface area contributed by atoms with Crippen molar-refractivity contribution in [3.05, 3.63) is 35.6 Å². The van der Waals surface area contributed by atoms with Crippen LogP contribution in [0.4, 0.5) is 4.39 Å². The highest BCUT2D eigenvalue weighted by Gasteiger charge is 2.34. The van der Waals surface area contributed by atoms with Crippen molar-refractivity contribution < 1.29 is 17.6 Å². The number of sulfone groups is 1. The van der Waals surface area contributed by atoms with Gasteiger partial charge in [-0.15, -0.1) is 0 Å². The number of amides is 1. The van der Waals surface area contributed by atoms with Crippen LogP contribution in [0.15, 0.2) is 24.3 Å². The summed E-state index contributed by atoms with van der Waals surface area (Å²) < 4.78 is 37.0. The molecule has 0 aromatic heterocycles. The van der Waals surface area contributed by atoms with Crippen molar-refractivity contribution in [1.29, 1.82) is 0 Å². The van der Waals surface area contributed by atoms with E-state index < -0.39 is 15.6 Å². The smallest absolute Gasteiger partial charge is 0.238 e. The molecule has 1 aliphatic heterocycles. The van der Waals surface area contributed by atoms with Gasteiger partial charge >= 0.3 is 0 Å². The Labute approximate surface area is 137 Å². The maximum absolute atomic E-state index is 13.0. The number of carbonyl (C=O) groups is 1. The highest BCUT2D eigenvalue weighted by Crippen LogP contribution is 2.31. The van der Waals surface area contributed by atoms with Crippen molar-refractivity contribution >= 4 is 15.7 Å². The summed E-state index contributed by atoms with van der Waals surface area (Å²) in [6.07, 6.45) is 0.765. The van der Waals surface area contributed by atoms with Crippen molar-refractivity contribution in [1.82, 2.24) is 4.90 Å². The molecule has 0 spiro atoms. The molecule has 0 radical (unpaired) electrons. The van der Waals surface area contributed by atoms with Crippen LogP contribution in [0.25, 0.3) is 0 Å². The molecule has 2 rings (SSSR count). The number of likely N-dealkylation sites (tertiary alicyclic amines) is 1. The van der Waals surface area contributed by atoms with E-state index in [9.17, 15) is 17.6 Å². The van der Waals surface area contributed by atoms with Gasteiger partial charge in [-0.1, -0.05) is 26.0 Å². The third-order valence-corrected chi connectivity index (χ3v) is 6.03. The zero-order valence-electron chi connectivity index (χ0n) is 13.8. The average Bonchev–Trinajstić information content (AvgIpc) is 2.79. The summed E-state index contributed by atoms with van der Waals surface area (Å²) in [7, 11) is -3.37. The Kier molecular flexibility index (Phi) is 5.45. The standard InChI is InChI=1S/C17H24FNO3S/c1-12(2)10-23(21,22)11-17(20)19-9-15(8-13(19)3)14-4-6-16(18)7-5-14/h4-7,12-13,15H,8-11H2,1-3H3/t13-,15+/m1/s1. The van der Waals surface area contributed by atoms with Crippen LogP contribution in [0.5, 0.6) is 0 Å². The Hall–Kier alpha value is -1.43. The van der Waals surface area contributed by atoms with Gasteiger partial charge in [0.25, 0.3) is 0 Å². The third kappa shape index (κ3) is 4.77. The maximum Gasteiger partial charge on any atom is 0.238 e. The van der Waals surface area contributed by atoms with Crippen molar-refractivity contribution in [2.45, 2.75) is 39.2 Å². The SMILES string of the molecule is CC(C)CS(=O)(=O)CC(=O)N1C[C@@H](c2ccc(F)cc2)C[C@H]1C. The zero-order valence-corrected chi connectivity index (χ0v) is 14.6. The highest BCUT2D eigenvalue weighted by molar-refractivity contribution is 7.92. The third-order valence-electron chi connectivity index (χ3n) is 4.17. The lowest BCUT2D eigenvalue weighted by molar-refractivity contribution is -0.128. The molecule has 4 nitrogen and oxygen atoms in total. The van der Waals surface area contributed by atoms with Crippen LogP contribution in [-0.2, 0) is 14.6 Å². The summed E-state index contributed by atoms with van der Waals surface area (Å²) in [4.78, 5) is 14.0. The van der Waals surface area contributed by atoms with Crippen LogP contribution >= 0.6 is 0 Å². The van der Waals surface area contributed by atoms with Crippen LogP contribution in [0.2, 0.25) is 0 Å². The molecule has 0 bridgehead atoms. The Morgan fingerprint density at radius 2 is 1.91 bits per heavy atom. The fourth-order valence-corrected chi connectivity index (χ4v) is 4.87. The minimum atomic E-state index is -3.37. The fourth-order valence-electron chi connectivity index (χ4n) is 3.19. The molecular weight excluding hydrogens is 317 g/mol. The summed E-state index contributed by atoms with van der Waals surface area (Å²) >= 11 is 0. The van der Waals surface area contributed by atoms with E-state index in [1.807, 2.05) is 20.8 Å². The molecule has 1 saturated heterocycles. The first kappa shape index (κ1) is 17.9. The second-order valence-corrected chi connectivity index (χ2v) is 8.94. The number of benzene rings is 1. The quantitative estimate of drug-likeness (QED) is 0.827. The van der Waals surface area contributed by atoms with E-state index in [0.717, 1.165) is 12.0 Å². The van der Waals surface area contributed by atoms with E-state index in [1.165, 1.54) is 12.1 Å². The number of hydrogen-bond acceptors (Lipinski definition) is 3. The molecule has 1 heterocycles. The first-order valence-electron chi connectivity index (χ1n) is 7.93. The number of carbonyl (C=O) groups excluding carboxylic acids is 1. The molecule has 1 aromatic carbocycles. The molecule has 6 heteroatoms. The first-order valence-corrected chi connectivity index (χ1v) is 9.75. The molecule has 23 heavy (non-hydrogen) atoms. The fraction of sp³-hybridized carbons (Fsp3) is 0.588. The van der Waals surface area contributed by atoms with Crippen molar-refractivity contribution in [3.8, 4) is 0 Å². The lowest BCUT2D eigenvalue weighted by atomic mass is 9.97. The second-order valence-electron chi connectivity index (χ2n) is 6.83.